The van der Waals surface area contributed by atoms with Crippen molar-refractivity contribution in [1.82, 2.24) is 4.57 Å². The van der Waals surface area contributed by atoms with Gasteiger partial charge in [0.2, 0.25) is 0 Å². The highest BCUT2D eigenvalue weighted by molar-refractivity contribution is 6.03. The van der Waals surface area contributed by atoms with E-state index in [9.17, 15) is 4.79 Å². The molecule has 17 heavy (non-hydrogen) atoms. The van der Waals surface area contributed by atoms with Gasteiger partial charge in [0.15, 0.2) is 0 Å². The molecule has 0 aliphatic heterocycles. The molecule has 0 fully saturated rings. The number of carboxylic acids is 1. The third kappa shape index (κ3) is 2.03. The van der Waals surface area contributed by atoms with Crippen LogP contribution in [0, 0.1) is 0 Å². The van der Waals surface area contributed by atoms with Gasteiger partial charge >= 0.3 is 5.97 Å². The molecule has 0 spiro atoms. The van der Waals surface area contributed by atoms with Crippen molar-refractivity contribution >= 4 is 16.9 Å². The van der Waals surface area contributed by atoms with Crippen LogP contribution in [0.2, 0.25) is 0 Å². The number of benzene rings is 1. The van der Waals surface area contributed by atoms with Crippen LogP contribution in [0.15, 0.2) is 24.3 Å². The first-order valence-corrected chi connectivity index (χ1v) is 5.53. The summed E-state index contributed by atoms with van der Waals surface area (Å²) in [6.07, 6.45) is 0. The largest absolute Gasteiger partial charge is 0.478 e. The smallest absolute Gasteiger partial charge is 0.336 e. The monoisotopic (exact) mass is 233 g/mol. The molecule has 4 nitrogen and oxygen atoms in total. The Morgan fingerprint density at radius 3 is 2.88 bits per heavy atom. The summed E-state index contributed by atoms with van der Waals surface area (Å²) in [7, 11) is 1.92. The number of carboxylic acid groups (broad SMARTS) is 1. The summed E-state index contributed by atoms with van der Waals surface area (Å²) in [6, 6.07) is 7.18. The fourth-order valence-electron chi connectivity index (χ4n) is 1.95. The van der Waals surface area contributed by atoms with Crippen molar-refractivity contribution in [2.45, 2.75) is 13.5 Å². The summed E-state index contributed by atoms with van der Waals surface area (Å²) in [5.74, 6) is -0.899. The van der Waals surface area contributed by atoms with Crippen LogP contribution in [0.4, 0.5) is 0 Å². The zero-order chi connectivity index (χ0) is 12.4. The highest BCUT2D eigenvalue weighted by Crippen LogP contribution is 2.23. The average Bonchev–Trinajstić information content (AvgIpc) is 2.63. The van der Waals surface area contributed by atoms with Gasteiger partial charge in [-0.15, -0.1) is 0 Å². The molecule has 0 aliphatic carbocycles. The Balaban J connectivity index is 2.56. The Kier molecular flexibility index (Phi) is 3.15. The normalized spacial score (nSPS) is 10.9. The lowest BCUT2D eigenvalue weighted by Gasteiger charge is -2.03. The molecule has 0 saturated heterocycles. The lowest BCUT2D eigenvalue weighted by molar-refractivity contribution is 0.0699. The van der Waals surface area contributed by atoms with E-state index in [1.54, 1.807) is 12.1 Å². The summed E-state index contributed by atoms with van der Waals surface area (Å²) in [6.45, 7) is 3.08. The van der Waals surface area contributed by atoms with E-state index in [4.69, 9.17) is 9.84 Å². The van der Waals surface area contributed by atoms with Gasteiger partial charge in [-0.25, -0.2) is 4.79 Å². The molecule has 1 aromatic heterocycles. The quantitative estimate of drug-likeness (QED) is 0.882. The van der Waals surface area contributed by atoms with E-state index >= 15 is 0 Å². The average molecular weight is 233 g/mol. The van der Waals surface area contributed by atoms with Crippen molar-refractivity contribution in [3.8, 4) is 0 Å². The van der Waals surface area contributed by atoms with Crippen molar-refractivity contribution < 1.29 is 14.6 Å². The maximum absolute atomic E-state index is 11.1. The van der Waals surface area contributed by atoms with Gasteiger partial charge < -0.3 is 14.4 Å². The molecular formula is C13H15NO3. The molecule has 0 amide bonds. The van der Waals surface area contributed by atoms with Crippen molar-refractivity contribution in [3.63, 3.8) is 0 Å². The van der Waals surface area contributed by atoms with Gasteiger partial charge in [0, 0.05) is 30.3 Å². The minimum atomic E-state index is -0.899. The van der Waals surface area contributed by atoms with E-state index in [-0.39, 0.29) is 0 Å². The first-order chi connectivity index (χ1) is 8.15. The van der Waals surface area contributed by atoms with Gasteiger partial charge in [0.1, 0.15) is 0 Å². The van der Waals surface area contributed by atoms with Crippen LogP contribution in [-0.4, -0.2) is 22.2 Å². The lowest BCUT2D eigenvalue weighted by atomic mass is 10.1. The number of hydrogen-bond donors (Lipinski definition) is 1. The van der Waals surface area contributed by atoms with E-state index in [2.05, 4.69) is 0 Å². The predicted molar refractivity (Wildman–Crippen MR) is 65.2 cm³/mol. The standard InChI is InChI=1S/C13H15NO3/c1-3-17-8-9-7-11-10(13(15)16)5-4-6-12(11)14(9)2/h4-7H,3,8H2,1-2H3,(H,15,16). The predicted octanol–water partition coefficient (Wildman–Crippen LogP) is 2.41. The number of aromatic carboxylic acids is 1. The molecule has 0 aliphatic rings. The van der Waals surface area contributed by atoms with Gasteiger partial charge in [0.05, 0.1) is 12.2 Å². The number of hydrogen-bond acceptors (Lipinski definition) is 2. The number of fused-ring (bicyclic) bond motifs is 1. The van der Waals surface area contributed by atoms with Crippen LogP contribution in [0.25, 0.3) is 10.9 Å². The molecule has 0 unspecified atom stereocenters. The van der Waals surface area contributed by atoms with E-state index in [0.29, 0.717) is 18.8 Å². The van der Waals surface area contributed by atoms with Crippen molar-refractivity contribution in [2.75, 3.05) is 6.61 Å². The number of rotatable bonds is 4. The summed E-state index contributed by atoms with van der Waals surface area (Å²) >= 11 is 0. The molecule has 2 aromatic rings. The SMILES string of the molecule is CCOCc1cc2c(C(=O)O)cccc2n1C. The minimum absolute atomic E-state index is 0.334. The van der Waals surface area contributed by atoms with E-state index in [0.717, 1.165) is 16.6 Å². The topological polar surface area (TPSA) is 51.5 Å². The fraction of sp³-hybridized carbons (Fsp3) is 0.308. The second-order valence-corrected chi connectivity index (χ2v) is 3.88. The van der Waals surface area contributed by atoms with Crippen molar-refractivity contribution in [2.24, 2.45) is 7.05 Å². The number of nitrogens with zero attached hydrogens (tertiary/aromatic N) is 1. The molecule has 1 heterocycles. The zero-order valence-corrected chi connectivity index (χ0v) is 9.93. The number of carbonyl (C=O) groups is 1. The molecule has 1 aromatic carbocycles. The molecule has 0 atom stereocenters. The van der Waals surface area contributed by atoms with Crippen LogP contribution < -0.4 is 0 Å². The van der Waals surface area contributed by atoms with Gasteiger partial charge in [-0.05, 0) is 25.1 Å². The van der Waals surface area contributed by atoms with Crippen molar-refractivity contribution in [1.29, 1.82) is 0 Å². The minimum Gasteiger partial charge on any atom is -0.478 e. The lowest BCUT2D eigenvalue weighted by Crippen LogP contribution is -1.99. The van der Waals surface area contributed by atoms with Crippen molar-refractivity contribution in [3.05, 3.63) is 35.5 Å². The van der Waals surface area contributed by atoms with E-state index in [1.807, 2.05) is 30.7 Å². The molecule has 0 bridgehead atoms. The van der Waals surface area contributed by atoms with Crippen LogP contribution >= 0.6 is 0 Å². The number of aryl methyl sites for hydroxylation is 1. The Labute approximate surface area is 99.4 Å². The molecule has 4 heteroatoms. The van der Waals surface area contributed by atoms with Crippen LogP contribution in [0.1, 0.15) is 23.0 Å². The summed E-state index contributed by atoms with van der Waals surface area (Å²) in [5.41, 5.74) is 2.23. The van der Waals surface area contributed by atoms with Crippen LogP contribution in [-0.2, 0) is 18.4 Å². The Bertz CT molecular complexity index is 557. The molecular weight excluding hydrogens is 218 g/mol. The van der Waals surface area contributed by atoms with Crippen LogP contribution in [0.3, 0.4) is 0 Å². The maximum atomic E-state index is 11.1. The molecule has 1 N–H and O–H groups in total. The first-order valence-electron chi connectivity index (χ1n) is 5.53. The van der Waals surface area contributed by atoms with Gasteiger partial charge in [-0.2, -0.15) is 0 Å². The Morgan fingerprint density at radius 2 is 2.24 bits per heavy atom. The molecule has 0 radical (unpaired) electrons. The summed E-state index contributed by atoms with van der Waals surface area (Å²) < 4.78 is 7.33. The van der Waals surface area contributed by atoms with Gasteiger partial charge in [-0.1, -0.05) is 6.07 Å². The second kappa shape index (κ2) is 4.59. The second-order valence-electron chi connectivity index (χ2n) is 3.88. The third-order valence-electron chi connectivity index (χ3n) is 2.87. The third-order valence-corrected chi connectivity index (χ3v) is 2.87. The van der Waals surface area contributed by atoms with E-state index < -0.39 is 5.97 Å². The first kappa shape index (κ1) is 11.7. The molecule has 90 valence electrons. The zero-order valence-electron chi connectivity index (χ0n) is 9.93. The number of ether oxygens (including phenoxy) is 1. The molecule has 0 saturated carbocycles. The highest BCUT2D eigenvalue weighted by atomic mass is 16.5. The van der Waals surface area contributed by atoms with Crippen LogP contribution in [0.5, 0.6) is 0 Å². The maximum Gasteiger partial charge on any atom is 0.336 e. The summed E-state index contributed by atoms with van der Waals surface area (Å²) in [5, 5.41) is 9.88. The fourth-order valence-corrected chi connectivity index (χ4v) is 1.95. The molecule has 2 rings (SSSR count). The van der Waals surface area contributed by atoms with E-state index in [1.165, 1.54) is 0 Å². The van der Waals surface area contributed by atoms with Gasteiger partial charge in [0.25, 0.3) is 0 Å². The Hall–Kier alpha value is -1.81. The van der Waals surface area contributed by atoms with Gasteiger partial charge in [-0.3, -0.25) is 0 Å². The highest BCUT2D eigenvalue weighted by Gasteiger charge is 2.12. The summed E-state index contributed by atoms with van der Waals surface area (Å²) in [4.78, 5) is 11.1. The Morgan fingerprint density at radius 1 is 1.47 bits per heavy atom. The number of aromatic nitrogens is 1.